The summed E-state index contributed by atoms with van der Waals surface area (Å²) in [5.41, 5.74) is 0.410. The van der Waals surface area contributed by atoms with E-state index in [0.29, 0.717) is 5.65 Å². The van der Waals surface area contributed by atoms with Gasteiger partial charge in [-0.25, -0.2) is 18.2 Å². The Hall–Kier alpha value is -2.15. The monoisotopic (exact) mass is 284 g/mol. The van der Waals surface area contributed by atoms with Gasteiger partial charge in [0.15, 0.2) is 28.9 Å². The second-order valence-corrected chi connectivity index (χ2v) is 4.10. The Morgan fingerprint density at radius 1 is 1.00 bits per heavy atom. The molecule has 0 amide bonds. The van der Waals surface area contributed by atoms with Crippen molar-refractivity contribution in [1.82, 2.24) is 19.6 Å². The fourth-order valence-electron chi connectivity index (χ4n) is 1.65. The summed E-state index contributed by atoms with van der Waals surface area (Å²) >= 11 is 5.68. The van der Waals surface area contributed by atoms with Crippen molar-refractivity contribution >= 4 is 17.2 Å². The average Bonchev–Trinajstić information content (AvgIpc) is 2.78. The summed E-state index contributed by atoms with van der Waals surface area (Å²) < 4.78 is 40.7. The van der Waals surface area contributed by atoms with E-state index in [-0.39, 0.29) is 16.5 Å². The van der Waals surface area contributed by atoms with Crippen LogP contribution in [0.5, 0.6) is 0 Å². The van der Waals surface area contributed by atoms with Crippen molar-refractivity contribution in [3.05, 3.63) is 47.1 Å². The molecule has 0 aliphatic carbocycles. The van der Waals surface area contributed by atoms with Crippen LogP contribution in [-0.4, -0.2) is 19.6 Å². The highest BCUT2D eigenvalue weighted by Gasteiger charge is 2.15. The molecule has 3 aromatic rings. The number of aromatic nitrogens is 4. The highest BCUT2D eigenvalue weighted by Crippen LogP contribution is 2.23. The minimum Gasteiger partial charge on any atom is -0.265 e. The van der Waals surface area contributed by atoms with Crippen molar-refractivity contribution in [3.63, 3.8) is 0 Å². The maximum absolute atomic E-state index is 13.2. The van der Waals surface area contributed by atoms with Crippen LogP contribution in [0.2, 0.25) is 5.15 Å². The summed E-state index contributed by atoms with van der Waals surface area (Å²) in [6.45, 7) is 0. The lowest BCUT2D eigenvalue weighted by molar-refractivity contribution is 0.447. The molecule has 0 N–H and O–H groups in total. The van der Waals surface area contributed by atoms with Crippen LogP contribution in [0.4, 0.5) is 13.2 Å². The van der Waals surface area contributed by atoms with E-state index in [1.165, 1.54) is 16.8 Å². The lowest BCUT2D eigenvalue weighted by Crippen LogP contribution is -1.95. The Bertz CT molecular complexity index is 764. The SMILES string of the molecule is Fc1cc(-c2nnc3cc(Cl)ncn23)cc(F)c1F. The van der Waals surface area contributed by atoms with Crippen LogP contribution in [0, 0.1) is 17.5 Å². The number of fused-ring (bicyclic) bond motifs is 1. The van der Waals surface area contributed by atoms with E-state index in [1.807, 2.05) is 0 Å². The molecule has 0 saturated carbocycles. The van der Waals surface area contributed by atoms with Gasteiger partial charge in [-0.05, 0) is 12.1 Å². The highest BCUT2D eigenvalue weighted by atomic mass is 35.5. The first-order valence-corrected chi connectivity index (χ1v) is 5.45. The van der Waals surface area contributed by atoms with E-state index in [4.69, 9.17) is 11.6 Å². The molecule has 96 valence electrons. The summed E-state index contributed by atoms with van der Waals surface area (Å²) in [6, 6.07) is 3.11. The summed E-state index contributed by atoms with van der Waals surface area (Å²) in [5.74, 6) is -3.99. The van der Waals surface area contributed by atoms with Crippen molar-refractivity contribution in [3.8, 4) is 11.4 Å². The Morgan fingerprint density at radius 3 is 2.37 bits per heavy atom. The van der Waals surface area contributed by atoms with Gasteiger partial charge in [-0.3, -0.25) is 4.40 Å². The zero-order valence-electron chi connectivity index (χ0n) is 9.11. The third kappa shape index (κ3) is 1.91. The lowest BCUT2D eigenvalue weighted by atomic mass is 10.2. The molecule has 3 rings (SSSR count). The molecule has 2 aromatic heterocycles. The number of nitrogens with zero attached hydrogens (tertiary/aromatic N) is 4. The van der Waals surface area contributed by atoms with Crippen LogP contribution in [-0.2, 0) is 0 Å². The van der Waals surface area contributed by atoms with Crippen LogP contribution in [0.1, 0.15) is 0 Å². The molecule has 2 heterocycles. The van der Waals surface area contributed by atoms with Crippen LogP contribution in [0.3, 0.4) is 0 Å². The minimum atomic E-state index is -1.53. The van der Waals surface area contributed by atoms with Crippen LogP contribution < -0.4 is 0 Å². The smallest absolute Gasteiger partial charge is 0.194 e. The lowest BCUT2D eigenvalue weighted by Gasteiger charge is -2.02. The number of halogens is 4. The zero-order valence-corrected chi connectivity index (χ0v) is 9.87. The summed E-state index contributed by atoms with van der Waals surface area (Å²) in [6.07, 6.45) is 1.31. The minimum absolute atomic E-state index is 0.0491. The number of hydrogen-bond donors (Lipinski definition) is 0. The molecular formula is C11H4ClF3N4. The molecular weight excluding hydrogens is 281 g/mol. The van der Waals surface area contributed by atoms with Gasteiger partial charge in [0.25, 0.3) is 0 Å². The second-order valence-electron chi connectivity index (χ2n) is 3.72. The van der Waals surface area contributed by atoms with Gasteiger partial charge in [0.2, 0.25) is 0 Å². The average molecular weight is 285 g/mol. The van der Waals surface area contributed by atoms with Gasteiger partial charge in [-0.1, -0.05) is 11.6 Å². The van der Waals surface area contributed by atoms with Gasteiger partial charge in [0.1, 0.15) is 11.5 Å². The maximum atomic E-state index is 13.2. The van der Waals surface area contributed by atoms with Gasteiger partial charge in [-0.15, -0.1) is 10.2 Å². The summed E-state index contributed by atoms with van der Waals surface area (Å²) in [5, 5.41) is 7.78. The van der Waals surface area contributed by atoms with E-state index < -0.39 is 17.5 Å². The largest absolute Gasteiger partial charge is 0.265 e. The molecule has 0 unspecified atom stereocenters. The number of benzene rings is 1. The van der Waals surface area contributed by atoms with Gasteiger partial charge in [-0.2, -0.15) is 0 Å². The quantitative estimate of drug-likeness (QED) is 0.510. The first-order chi connectivity index (χ1) is 9.06. The second kappa shape index (κ2) is 4.20. The standard InChI is InChI=1S/C11H4ClF3N4/c12-8-3-9-17-18-11(19(9)4-16-8)5-1-6(13)10(15)7(14)2-5/h1-4H. The molecule has 4 nitrogen and oxygen atoms in total. The Kier molecular flexibility index (Phi) is 2.63. The van der Waals surface area contributed by atoms with Gasteiger partial charge in [0.05, 0.1) is 0 Å². The van der Waals surface area contributed by atoms with Gasteiger partial charge >= 0.3 is 0 Å². The van der Waals surface area contributed by atoms with Crippen LogP contribution >= 0.6 is 11.6 Å². The predicted molar refractivity (Wildman–Crippen MR) is 61.1 cm³/mol. The van der Waals surface area contributed by atoms with E-state index in [9.17, 15) is 13.2 Å². The van der Waals surface area contributed by atoms with Crippen molar-refractivity contribution in [1.29, 1.82) is 0 Å². The molecule has 0 bridgehead atoms. The highest BCUT2D eigenvalue weighted by molar-refractivity contribution is 6.29. The van der Waals surface area contributed by atoms with Gasteiger partial charge in [0, 0.05) is 11.6 Å². The fraction of sp³-hybridized carbons (Fsp3) is 0. The van der Waals surface area contributed by atoms with Crippen LogP contribution in [0.15, 0.2) is 24.5 Å². The first kappa shape index (κ1) is 11.9. The molecule has 19 heavy (non-hydrogen) atoms. The predicted octanol–water partition coefficient (Wildman–Crippen LogP) is 2.86. The summed E-state index contributed by atoms with van der Waals surface area (Å²) in [4.78, 5) is 3.81. The Morgan fingerprint density at radius 2 is 1.68 bits per heavy atom. The number of rotatable bonds is 1. The van der Waals surface area contributed by atoms with Crippen molar-refractivity contribution in [2.75, 3.05) is 0 Å². The molecule has 0 saturated heterocycles. The molecule has 0 radical (unpaired) electrons. The zero-order chi connectivity index (χ0) is 13.6. The molecule has 0 aliphatic heterocycles. The molecule has 8 heteroatoms. The van der Waals surface area contributed by atoms with E-state index in [2.05, 4.69) is 15.2 Å². The normalized spacial score (nSPS) is 11.2. The molecule has 0 spiro atoms. The van der Waals surface area contributed by atoms with Crippen molar-refractivity contribution < 1.29 is 13.2 Å². The maximum Gasteiger partial charge on any atom is 0.194 e. The fourth-order valence-corrected chi connectivity index (χ4v) is 1.80. The Labute approximate surface area is 109 Å². The van der Waals surface area contributed by atoms with Crippen molar-refractivity contribution in [2.45, 2.75) is 0 Å². The summed E-state index contributed by atoms with van der Waals surface area (Å²) in [7, 11) is 0. The van der Waals surface area contributed by atoms with E-state index in [1.54, 1.807) is 0 Å². The van der Waals surface area contributed by atoms with E-state index in [0.717, 1.165) is 12.1 Å². The van der Waals surface area contributed by atoms with E-state index >= 15 is 0 Å². The first-order valence-electron chi connectivity index (χ1n) is 5.07. The number of hydrogen-bond acceptors (Lipinski definition) is 3. The van der Waals surface area contributed by atoms with Gasteiger partial charge < -0.3 is 0 Å². The Balaban J connectivity index is 2.25. The molecule has 0 atom stereocenters. The molecule has 0 aliphatic rings. The third-order valence-electron chi connectivity index (χ3n) is 2.51. The topological polar surface area (TPSA) is 43.1 Å². The third-order valence-corrected chi connectivity index (χ3v) is 2.72. The van der Waals surface area contributed by atoms with Crippen molar-refractivity contribution in [2.24, 2.45) is 0 Å². The molecule has 1 aromatic carbocycles. The molecule has 0 fully saturated rings. The van der Waals surface area contributed by atoms with Crippen LogP contribution in [0.25, 0.3) is 17.0 Å².